The average Bonchev–Trinajstić information content (AvgIpc) is 2.77. The molecule has 1 aliphatic heterocycles. The summed E-state index contributed by atoms with van der Waals surface area (Å²) in [5, 5.41) is 14.4. The van der Waals surface area contributed by atoms with Crippen molar-refractivity contribution in [2.24, 2.45) is 22.6 Å². The van der Waals surface area contributed by atoms with Crippen molar-refractivity contribution >= 4 is 5.96 Å². The van der Waals surface area contributed by atoms with Crippen molar-refractivity contribution in [1.29, 1.82) is 0 Å². The molecule has 1 saturated carbocycles. The Bertz CT molecular complexity index is 443. The maximum absolute atomic E-state index is 11.2. The molecule has 0 amide bonds. The van der Waals surface area contributed by atoms with E-state index in [-0.39, 0.29) is 6.04 Å². The van der Waals surface area contributed by atoms with Gasteiger partial charge >= 0.3 is 0 Å². The summed E-state index contributed by atoms with van der Waals surface area (Å²) in [7, 11) is 0. The largest absolute Gasteiger partial charge is 0.383 e. The molecule has 2 aliphatic carbocycles. The molecular formula is C15H25N3O. The number of hydrogen-bond donors (Lipinski definition) is 3. The number of nitrogens with zero attached hydrogens (tertiary/aromatic N) is 1. The number of hydrogen-bond acceptors (Lipinski definition) is 4. The summed E-state index contributed by atoms with van der Waals surface area (Å²) in [4.78, 5) is 4.51. The predicted molar refractivity (Wildman–Crippen MR) is 76.6 cm³/mol. The topological polar surface area (TPSA) is 70.6 Å². The van der Waals surface area contributed by atoms with E-state index in [0.29, 0.717) is 17.8 Å². The van der Waals surface area contributed by atoms with Gasteiger partial charge in [-0.15, -0.1) is 0 Å². The lowest BCUT2D eigenvalue weighted by Gasteiger charge is -2.45. The molecule has 1 heterocycles. The first kappa shape index (κ1) is 13.0. The van der Waals surface area contributed by atoms with Crippen LogP contribution in [0.4, 0.5) is 0 Å². The highest BCUT2D eigenvalue weighted by Crippen LogP contribution is 2.50. The van der Waals surface area contributed by atoms with E-state index in [4.69, 9.17) is 5.73 Å². The second-order valence-corrected chi connectivity index (χ2v) is 6.42. The van der Waals surface area contributed by atoms with Crippen LogP contribution in [0.1, 0.15) is 52.4 Å². The van der Waals surface area contributed by atoms with Gasteiger partial charge in [-0.1, -0.05) is 26.7 Å². The van der Waals surface area contributed by atoms with Crippen LogP contribution in [0.15, 0.2) is 16.3 Å². The molecule has 3 aliphatic rings. The third-order valence-electron chi connectivity index (χ3n) is 5.22. The zero-order chi connectivity index (χ0) is 13.6. The van der Waals surface area contributed by atoms with Crippen LogP contribution in [-0.4, -0.2) is 22.7 Å². The van der Waals surface area contributed by atoms with Crippen molar-refractivity contribution < 1.29 is 5.11 Å². The Hall–Kier alpha value is -1.03. The van der Waals surface area contributed by atoms with Crippen molar-refractivity contribution in [2.75, 3.05) is 0 Å². The molecule has 3 rings (SSSR count). The fourth-order valence-corrected chi connectivity index (χ4v) is 4.14. The van der Waals surface area contributed by atoms with Crippen molar-refractivity contribution in [3.8, 4) is 0 Å². The molecule has 0 saturated heterocycles. The first-order chi connectivity index (χ1) is 9.06. The molecule has 2 unspecified atom stereocenters. The Morgan fingerprint density at radius 1 is 1.47 bits per heavy atom. The van der Waals surface area contributed by atoms with E-state index < -0.39 is 5.60 Å². The molecule has 4 heteroatoms. The Labute approximate surface area is 115 Å². The predicted octanol–water partition coefficient (Wildman–Crippen LogP) is 1.90. The van der Waals surface area contributed by atoms with Crippen LogP contribution in [0, 0.1) is 11.8 Å². The summed E-state index contributed by atoms with van der Waals surface area (Å²) < 4.78 is 0. The van der Waals surface area contributed by atoms with Gasteiger partial charge in [0.1, 0.15) is 5.60 Å². The SMILES string of the molecule is CCCCC1(O)C2=C3[C@@H](CC[C@@H]3N=C(N)N2)CC1C. The van der Waals surface area contributed by atoms with Crippen LogP contribution in [0.2, 0.25) is 0 Å². The zero-order valence-electron chi connectivity index (χ0n) is 11.9. The minimum atomic E-state index is -0.731. The normalized spacial score (nSPS) is 40.8. The van der Waals surface area contributed by atoms with Crippen LogP contribution >= 0.6 is 0 Å². The molecule has 0 aromatic heterocycles. The minimum absolute atomic E-state index is 0.224. The molecule has 0 aromatic carbocycles. The summed E-state index contributed by atoms with van der Waals surface area (Å²) in [5.74, 6) is 1.37. The van der Waals surface area contributed by atoms with Crippen molar-refractivity contribution in [2.45, 2.75) is 64.0 Å². The van der Waals surface area contributed by atoms with Crippen molar-refractivity contribution in [3.05, 3.63) is 11.3 Å². The number of rotatable bonds is 3. The number of nitrogens with two attached hydrogens (primary N) is 1. The smallest absolute Gasteiger partial charge is 0.193 e. The van der Waals surface area contributed by atoms with Gasteiger partial charge in [0.2, 0.25) is 0 Å². The van der Waals surface area contributed by atoms with Crippen molar-refractivity contribution in [1.82, 2.24) is 5.32 Å². The molecule has 0 bridgehead atoms. The van der Waals surface area contributed by atoms with E-state index in [0.717, 1.165) is 37.8 Å². The molecular weight excluding hydrogens is 238 g/mol. The first-order valence-corrected chi connectivity index (χ1v) is 7.63. The highest BCUT2D eigenvalue weighted by Gasteiger charge is 2.50. The highest BCUT2D eigenvalue weighted by molar-refractivity contribution is 5.82. The molecule has 0 radical (unpaired) electrons. The van der Waals surface area contributed by atoms with Crippen LogP contribution in [0.3, 0.4) is 0 Å². The van der Waals surface area contributed by atoms with E-state index in [2.05, 4.69) is 24.2 Å². The van der Waals surface area contributed by atoms with Crippen LogP contribution < -0.4 is 11.1 Å². The molecule has 1 fully saturated rings. The van der Waals surface area contributed by atoms with Crippen LogP contribution in [0.5, 0.6) is 0 Å². The fourth-order valence-electron chi connectivity index (χ4n) is 4.14. The zero-order valence-corrected chi connectivity index (χ0v) is 11.9. The lowest BCUT2D eigenvalue weighted by atomic mass is 9.69. The lowest BCUT2D eigenvalue weighted by molar-refractivity contribution is -0.00855. The van der Waals surface area contributed by atoms with Gasteiger partial charge in [-0.2, -0.15) is 0 Å². The molecule has 0 aromatic rings. The quantitative estimate of drug-likeness (QED) is 0.728. The standard InChI is InChI=1S/C15H25N3O/c1-3-4-7-15(19)9(2)8-10-5-6-11-12(10)13(15)18-14(16)17-11/h9-11,19H,3-8H2,1-2H3,(H3,16,17,18)/t9?,10-,11-,15?/m0/s1. The summed E-state index contributed by atoms with van der Waals surface area (Å²) in [6.07, 6.45) is 6.34. The van der Waals surface area contributed by atoms with Gasteiger partial charge < -0.3 is 16.2 Å². The number of nitrogens with one attached hydrogen (secondary N) is 1. The molecule has 19 heavy (non-hydrogen) atoms. The fraction of sp³-hybridized carbons (Fsp3) is 0.800. The van der Waals surface area contributed by atoms with Gasteiger partial charge in [0.15, 0.2) is 5.96 Å². The Kier molecular flexibility index (Phi) is 3.08. The second kappa shape index (κ2) is 4.51. The molecule has 0 spiro atoms. The maximum atomic E-state index is 11.2. The number of aliphatic hydroxyl groups is 1. The number of unbranched alkanes of at least 4 members (excludes halogenated alkanes) is 1. The second-order valence-electron chi connectivity index (χ2n) is 6.42. The molecule has 4 atom stereocenters. The lowest BCUT2D eigenvalue weighted by Crippen LogP contribution is -2.53. The van der Waals surface area contributed by atoms with Gasteiger partial charge in [-0.05, 0) is 43.1 Å². The van der Waals surface area contributed by atoms with Gasteiger partial charge in [0.05, 0.1) is 11.7 Å². The van der Waals surface area contributed by atoms with Gasteiger partial charge in [0.25, 0.3) is 0 Å². The third-order valence-corrected chi connectivity index (χ3v) is 5.22. The van der Waals surface area contributed by atoms with E-state index in [1.165, 1.54) is 12.0 Å². The average molecular weight is 263 g/mol. The van der Waals surface area contributed by atoms with Gasteiger partial charge in [0, 0.05) is 0 Å². The van der Waals surface area contributed by atoms with Crippen molar-refractivity contribution in [3.63, 3.8) is 0 Å². The Balaban J connectivity index is 2.01. The Morgan fingerprint density at radius 2 is 2.26 bits per heavy atom. The van der Waals surface area contributed by atoms with Crippen LogP contribution in [0.25, 0.3) is 0 Å². The van der Waals surface area contributed by atoms with E-state index in [1.54, 1.807) is 0 Å². The summed E-state index contributed by atoms with van der Waals surface area (Å²) in [5.41, 5.74) is 7.54. The van der Waals surface area contributed by atoms with E-state index in [1.807, 2.05) is 0 Å². The minimum Gasteiger partial charge on any atom is -0.383 e. The molecule has 4 N–H and O–H groups in total. The maximum Gasteiger partial charge on any atom is 0.193 e. The number of guanidine groups is 1. The molecule has 106 valence electrons. The first-order valence-electron chi connectivity index (χ1n) is 7.63. The molecule has 4 nitrogen and oxygen atoms in total. The number of aliphatic imine (C=N–C) groups is 1. The van der Waals surface area contributed by atoms with E-state index in [9.17, 15) is 5.11 Å². The summed E-state index contributed by atoms with van der Waals surface area (Å²) >= 11 is 0. The van der Waals surface area contributed by atoms with Gasteiger partial charge in [-0.25, -0.2) is 4.99 Å². The van der Waals surface area contributed by atoms with Crippen LogP contribution in [-0.2, 0) is 0 Å². The Morgan fingerprint density at radius 3 is 3.00 bits per heavy atom. The van der Waals surface area contributed by atoms with Gasteiger partial charge in [-0.3, -0.25) is 0 Å². The highest BCUT2D eigenvalue weighted by atomic mass is 16.3. The summed E-state index contributed by atoms with van der Waals surface area (Å²) in [6.45, 7) is 4.34. The summed E-state index contributed by atoms with van der Waals surface area (Å²) in [6, 6.07) is 0.224. The van der Waals surface area contributed by atoms with E-state index >= 15 is 0 Å². The monoisotopic (exact) mass is 263 g/mol. The third kappa shape index (κ3) is 1.88.